The molecule has 1 N–H and O–H groups in total. The van der Waals surface area contributed by atoms with Crippen molar-refractivity contribution in [2.75, 3.05) is 5.32 Å². The van der Waals surface area contributed by atoms with E-state index in [9.17, 15) is 18.0 Å². The molecule has 30 heavy (non-hydrogen) atoms. The third-order valence-corrected chi connectivity index (χ3v) is 4.13. The second-order valence-electron chi connectivity index (χ2n) is 6.19. The fourth-order valence-electron chi connectivity index (χ4n) is 2.68. The van der Waals surface area contributed by atoms with Gasteiger partial charge in [0.1, 0.15) is 11.5 Å². The van der Waals surface area contributed by atoms with E-state index in [0.29, 0.717) is 5.56 Å². The molecule has 0 aliphatic carbocycles. The number of anilines is 1. The van der Waals surface area contributed by atoms with Gasteiger partial charge in [0.05, 0.1) is 5.56 Å². The Morgan fingerprint density at radius 1 is 0.833 bits per heavy atom. The molecule has 0 atom stereocenters. The summed E-state index contributed by atoms with van der Waals surface area (Å²) in [5.41, 5.74) is -0.177. The molecule has 0 fully saturated rings. The zero-order valence-electron chi connectivity index (χ0n) is 15.2. The first-order valence-electron chi connectivity index (χ1n) is 8.76. The van der Waals surface area contributed by atoms with Gasteiger partial charge in [-0.2, -0.15) is 13.2 Å². The van der Waals surface area contributed by atoms with Crippen LogP contribution in [0.1, 0.15) is 16.1 Å². The second kappa shape index (κ2) is 7.78. The fraction of sp³-hybridized carbons (Fsp3) is 0.0476. The van der Waals surface area contributed by atoms with Gasteiger partial charge in [-0.05, 0) is 36.4 Å². The van der Waals surface area contributed by atoms with Gasteiger partial charge in [0.15, 0.2) is 0 Å². The number of carbonyl (C=O) groups excluding carboxylic acids is 1. The number of alkyl halides is 3. The van der Waals surface area contributed by atoms with Gasteiger partial charge in [0, 0.05) is 11.1 Å². The molecule has 0 aliphatic heterocycles. The molecule has 0 unspecified atom stereocenters. The fourth-order valence-corrected chi connectivity index (χ4v) is 2.68. The van der Waals surface area contributed by atoms with E-state index in [1.165, 1.54) is 12.1 Å². The molecule has 9 heteroatoms. The number of nitrogens with one attached hydrogen (secondary N) is 1. The summed E-state index contributed by atoms with van der Waals surface area (Å²) in [6.07, 6.45) is -4.69. The zero-order chi connectivity index (χ0) is 21.1. The summed E-state index contributed by atoms with van der Waals surface area (Å²) >= 11 is 0. The number of halogens is 3. The van der Waals surface area contributed by atoms with E-state index in [4.69, 9.17) is 4.42 Å². The molecule has 2 heterocycles. The molecular weight excluding hydrogens is 397 g/mol. The highest BCUT2D eigenvalue weighted by molar-refractivity contribution is 6.05. The normalized spacial score (nSPS) is 11.3. The zero-order valence-corrected chi connectivity index (χ0v) is 15.2. The van der Waals surface area contributed by atoms with Crippen molar-refractivity contribution in [3.63, 3.8) is 0 Å². The lowest BCUT2D eigenvalue weighted by molar-refractivity contribution is -0.141. The van der Waals surface area contributed by atoms with E-state index in [1.807, 2.05) is 6.07 Å². The van der Waals surface area contributed by atoms with E-state index in [0.717, 1.165) is 12.1 Å². The summed E-state index contributed by atoms with van der Waals surface area (Å²) in [7, 11) is 0. The summed E-state index contributed by atoms with van der Waals surface area (Å²) < 4.78 is 45.1. The number of rotatable bonds is 4. The van der Waals surface area contributed by atoms with Crippen LogP contribution < -0.4 is 5.32 Å². The van der Waals surface area contributed by atoms with Crippen LogP contribution in [0.5, 0.6) is 0 Å². The Balaban J connectivity index is 1.74. The molecule has 0 bridgehead atoms. The van der Waals surface area contributed by atoms with Crippen LogP contribution in [0.25, 0.3) is 22.9 Å². The van der Waals surface area contributed by atoms with Crippen molar-refractivity contribution >= 4 is 11.7 Å². The monoisotopic (exact) mass is 410 g/mol. The van der Waals surface area contributed by atoms with E-state index in [2.05, 4.69) is 20.5 Å². The van der Waals surface area contributed by atoms with E-state index in [1.54, 1.807) is 42.5 Å². The highest BCUT2D eigenvalue weighted by atomic mass is 19.4. The minimum Gasteiger partial charge on any atom is -0.416 e. The van der Waals surface area contributed by atoms with Crippen LogP contribution in [0.3, 0.4) is 0 Å². The summed E-state index contributed by atoms with van der Waals surface area (Å²) in [6, 6.07) is 18.9. The van der Waals surface area contributed by atoms with E-state index in [-0.39, 0.29) is 28.7 Å². The van der Waals surface area contributed by atoms with Gasteiger partial charge in [0.2, 0.25) is 5.89 Å². The Hall–Kier alpha value is -4.01. The summed E-state index contributed by atoms with van der Waals surface area (Å²) in [5.74, 6) is -0.835. The molecule has 0 saturated carbocycles. The van der Waals surface area contributed by atoms with Crippen LogP contribution in [0.4, 0.5) is 19.0 Å². The first-order chi connectivity index (χ1) is 14.4. The number of pyridine rings is 1. The maximum atomic E-state index is 13.2. The number of nitrogens with zero attached hydrogens (tertiary/aromatic N) is 3. The third-order valence-electron chi connectivity index (χ3n) is 4.13. The van der Waals surface area contributed by atoms with Crippen LogP contribution in [-0.2, 0) is 6.18 Å². The molecule has 2 aromatic carbocycles. The SMILES string of the molecule is O=C(Nc1nc(C(F)(F)F)ccc1-c1nnc(-c2ccccc2)o1)c1ccccc1. The standard InChI is InChI=1S/C21H13F3N4O2/c22-21(23,24)16-12-11-15(17(25-16)26-18(29)13-7-3-1-4-8-13)20-28-27-19(30-20)14-9-5-2-6-10-14/h1-12H,(H,25,26,29). The van der Waals surface area contributed by atoms with Crippen molar-refractivity contribution in [3.05, 3.63) is 84.1 Å². The third kappa shape index (κ3) is 4.04. The molecule has 0 spiro atoms. The first-order valence-corrected chi connectivity index (χ1v) is 8.76. The molecule has 0 aliphatic rings. The smallest absolute Gasteiger partial charge is 0.416 e. The quantitative estimate of drug-likeness (QED) is 0.508. The predicted octanol–water partition coefficient (Wildman–Crippen LogP) is 5.07. The summed E-state index contributed by atoms with van der Waals surface area (Å²) in [5, 5.41) is 10.2. The Bertz CT molecular complexity index is 1180. The second-order valence-corrected chi connectivity index (χ2v) is 6.19. The van der Waals surface area contributed by atoms with E-state index >= 15 is 0 Å². The van der Waals surface area contributed by atoms with Crippen molar-refractivity contribution in [2.24, 2.45) is 0 Å². The lowest BCUT2D eigenvalue weighted by Crippen LogP contribution is -2.16. The van der Waals surface area contributed by atoms with Crippen molar-refractivity contribution in [1.82, 2.24) is 15.2 Å². The highest BCUT2D eigenvalue weighted by Crippen LogP contribution is 2.34. The Morgan fingerprint density at radius 2 is 1.47 bits per heavy atom. The summed E-state index contributed by atoms with van der Waals surface area (Å²) in [6.45, 7) is 0. The Labute approximate surface area is 168 Å². The van der Waals surface area contributed by atoms with Gasteiger partial charge in [-0.3, -0.25) is 4.79 Å². The maximum absolute atomic E-state index is 13.2. The van der Waals surface area contributed by atoms with Gasteiger partial charge in [-0.15, -0.1) is 10.2 Å². The van der Waals surface area contributed by atoms with Crippen molar-refractivity contribution in [3.8, 4) is 22.9 Å². The number of hydrogen-bond acceptors (Lipinski definition) is 5. The lowest BCUT2D eigenvalue weighted by atomic mass is 10.2. The molecule has 4 rings (SSSR count). The van der Waals surface area contributed by atoms with Crippen LogP contribution in [0, 0.1) is 0 Å². The number of amides is 1. The highest BCUT2D eigenvalue weighted by Gasteiger charge is 2.34. The van der Waals surface area contributed by atoms with Crippen molar-refractivity contribution < 1.29 is 22.4 Å². The Kier molecular flexibility index (Phi) is 5.01. The Morgan fingerprint density at radius 3 is 2.13 bits per heavy atom. The minimum atomic E-state index is -4.69. The van der Waals surface area contributed by atoms with Crippen LogP contribution in [0.15, 0.2) is 77.2 Å². The van der Waals surface area contributed by atoms with Gasteiger partial charge in [-0.25, -0.2) is 4.98 Å². The van der Waals surface area contributed by atoms with E-state index < -0.39 is 17.8 Å². The first kappa shape index (κ1) is 19.3. The topological polar surface area (TPSA) is 80.9 Å². The number of benzene rings is 2. The van der Waals surface area contributed by atoms with Crippen LogP contribution in [-0.4, -0.2) is 21.1 Å². The number of aromatic nitrogens is 3. The molecule has 1 amide bonds. The van der Waals surface area contributed by atoms with Crippen LogP contribution >= 0.6 is 0 Å². The van der Waals surface area contributed by atoms with Crippen molar-refractivity contribution in [1.29, 1.82) is 0 Å². The molecule has 6 nitrogen and oxygen atoms in total. The van der Waals surface area contributed by atoms with Crippen LogP contribution in [0.2, 0.25) is 0 Å². The maximum Gasteiger partial charge on any atom is 0.433 e. The van der Waals surface area contributed by atoms with Gasteiger partial charge < -0.3 is 9.73 Å². The molecule has 4 aromatic rings. The number of hydrogen-bond donors (Lipinski definition) is 1. The summed E-state index contributed by atoms with van der Waals surface area (Å²) in [4.78, 5) is 16.1. The molecule has 2 aromatic heterocycles. The van der Waals surface area contributed by atoms with Gasteiger partial charge in [0.25, 0.3) is 11.8 Å². The van der Waals surface area contributed by atoms with Gasteiger partial charge >= 0.3 is 6.18 Å². The molecular formula is C21H13F3N4O2. The average Bonchev–Trinajstić information content (AvgIpc) is 3.24. The largest absolute Gasteiger partial charge is 0.433 e. The minimum absolute atomic E-state index is 0.0709. The molecule has 0 saturated heterocycles. The lowest BCUT2D eigenvalue weighted by Gasteiger charge is -2.12. The molecule has 0 radical (unpaired) electrons. The predicted molar refractivity (Wildman–Crippen MR) is 102 cm³/mol. The van der Waals surface area contributed by atoms with Crippen molar-refractivity contribution in [2.45, 2.75) is 6.18 Å². The number of carbonyl (C=O) groups is 1. The molecule has 150 valence electrons. The average molecular weight is 410 g/mol. The van der Waals surface area contributed by atoms with Gasteiger partial charge in [-0.1, -0.05) is 36.4 Å².